The van der Waals surface area contributed by atoms with Gasteiger partial charge in [-0.15, -0.1) is 0 Å². The Labute approximate surface area is 206 Å². The third-order valence-corrected chi connectivity index (χ3v) is 7.66. The van der Waals surface area contributed by atoms with E-state index in [1.807, 2.05) is 12.1 Å². The van der Waals surface area contributed by atoms with Gasteiger partial charge in [-0.2, -0.15) is 0 Å². The predicted octanol–water partition coefficient (Wildman–Crippen LogP) is 5.26. The minimum absolute atomic E-state index is 0.711. The lowest BCUT2D eigenvalue weighted by atomic mass is 9.95. The van der Waals surface area contributed by atoms with Gasteiger partial charge >= 0.3 is 0 Å². The lowest BCUT2D eigenvalue weighted by molar-refractivity contribution is 0.116. The van der Waals surface area contributed by atoms with Crippen molar-refractivity contribution < 1.29 is 4.74 Å². The molecule has 34 heavy (non-hydrogen) atoms. The summed E-state index contributed by atoms with van der Waals surface area (Å²) in [4.78, 5) is 7.45. The molecule has 0 bridgehead atoms. The Bertz CT molecular complexity index is 949. The summed E-state index contributed by atoms with van der Waals surface area (Å²) in [5, 5.41) is 0. The fraction of sp³-hybridized carbons (Fsp3) is 0.517. The van der Waals surface area contributed by atoms with Gasteiger partial charge < -0.3 is 25.2 Å². The van der Waals surface area contributed by atoms with E-state index in [-0.39, 0.29) is 0 Å². The van der Waals surface area contributed by atoms with E-state index in [0.29, 0.717) is 6.04 Å². The lowest BCUT2D eigenvalue weighted by Crippen LogP contribution is -2.45. The standard InChI is InChI=1S/C29H42N4O/c1-22-9-10-23(2)33(21-22)15-6-20-34-27-13-11-26(12-14-27)32-18-16-31(17-19-32)25(4)28-7-5-8-29(30)24(28)3/h5,7-8,11-14,22-23H,4,6,9-10,15-21,30H2,1-3H3. The zero-order valence-corrected chi connectivity index (χ0v) is 21.3. The third kappa shape index (κ3) is 5.87. The molecule has 5 heteroatoms. The molecule has 0 spiro atoms. The molecule has 0 amide bonds. The Morgan fingerprint density at radius 1 is 1.03 bits per heavy atom. The van der Waals surface area contributed by atoms with Crippen LogP contribution in [0.3, 0.4) is 0 Å². The Balaban J connectivity index is 1.22. The van der Waals surface area contributed by atoms with Crippen LogP contribution in [0, 0.1) is 12.8 Å². The van der Waals surface area contributed by atoms with Gasteiger partial charge in [-0.1, -0.05) is 25.6 Å². The SMILES string of the molecule is C=C(c1cccc(N)c1C)N1CCN(c2ccc(OCCCN3CC(C)CCC3C)cc2)CC1. The molecule has 2 unspecified atom stereocenters. The van der Waals surface area contributed by atoms with Crippen molar-refractivity contribution in [3.63, 3.8) is 0 Å². The van der Waals surface area contributed by atoms with E-state index in [1.165, 1.54) is 25.1 Å². The summed E-state index contributed by atoms with van der Waals surface area (Å²) in [5.74, 6) is 1.79. The smallest absolute Gasteiger partial charge is 0.119 e. The van der Waals surface area contributed by atoms with Crippen molar-refractivity contribution in [3.8, 4) is 5.75 Å². The molecule has 5 nitrogen and oxygen atoms in total. The maximum Gasteiger partial charge on any atom is 0.119 e. The highest BCUT2D eigenvalue weighted by Crippen LogP contribution is 2.27. The number of benzene rings is 2. The van der Waals surface area contributed by atoms with E-state index in [9.17, 15) is 0 Å². The van der Waals surface area contributed by atoms with Gasteiger partial charge in [0.2, 0.25) is 0 Å². The Hall–Kier alpha value is -2.66. The van der Waals surface area contributed by atoms with E-state index in [0.717, 1.165) is 79.9 Å². The monoisotopic (exact) mass is 462 g/mol. The van der Waals surface area contributed by atoms with Gasteiger partial charge in [-0.3, -0.25) is 0 Å². The molecular weight excluding hydrogens is 420 g/mol. The van der Waals surface area contributed by atoms with E-state index in [1.54, 1.807) is 0 Å². The van der Waals surface area contributed by atoms with Crippen LogP contribution in [0.1, 0.15) is 44.2 Å². The minimum atomic E-state index is 0.711. The number of anilines is 2. The first kappa shape index (κ1) is 24.5. The summed E-state index contributed by atoms with van der Waals surface area (Å²) >= 11 is 0. The molecule has 2 aliphatic heterocycles. The largest absolute Gasteiger partial charge is 0.494 e. The van der Waals surface area contributed by atoms with E-state index in [4.69, 9.17) is 10.5 Å². The summed E-state index contributed by atoms with van der Waals surface area (Å²) in [7, 11) is 0. The maximum atomic E-state index is 6.10. The van der Waals surface area contributed by atoms with Crippen LogP contribution >= 0.6 is 0 Å². The number of nitrogen functional groups attached to an aromatic ring is 1. The van der Waals surface area contributed by atoms with Crippen molar-refractivity contribution >= 4 is 17.1 Å². The molecule has 2 saturated heterocycles. The van der Waals surface area contributed by atoms with Gasteiger partial charge in [0.15, 0.2) is 0 Å². The number of ether oxygens (including phenoxy) is 1. The minimum Gasteiger partial charge on any atom is -0.494 e. The lowest BCUT2D eigenvalue weighted by Gasteiger charge is -2.38. The van der Waals surface area contributed by atoms with Crippen LogP contribution in [0.2, 0.25) is 0 Å². The molecule has 2 aliphatic rings. The van der Waals surface area contributed by atoms with Gasteiger partial charge in [0.25, 0.3) is 0 Å². The molecule has 0 aromatic heterocycles. The summed E-state index contributed by atoms with van der Waals surface area (Å²) in [6.07, 6.45) is 3.77. The Morgan fingerprint density at radius 2 is 1.76 bits per heavy atom. The van der Waals surface area contributed by atoms with Crippen LogP contribution in [0.5, 0.6) is 5.75 Å². The summed E-state index contributed by atoms with van der Waals surface area (Å²) < 4.78 is 6.04. The second-order valence-corrected chi connectivity index (χ2v) is 10.2. The summed E-state index contributed by atoms with van der Waals surface area (Å²) in [6, 6.07) is 15.4. The third-order valence-electron chi connectivity index (χ3n) is 7.66. The van der Waals surface area contributed by atoms with Gasteiger partial charge in [0, 0.05) is 67.9 Å². The van der Waals surface area contributed by atoms with Crippen LogP contribution in [0.15, 0.2) is 49.0 Å². The van der Waals surface area contributed by atoms with Crippen LogP contribution in [0.4, 0.5) is 11.4 Å². The second kappa shape index (κ2) is 11.2. The number of piperazine rings is 1. The zero-order chi connectivity index (χ0) is 24.1. The average molecular weight is 463 g/mol. The highest BCUT2D eigenvalue weighted by molar-refractivity contribution is 5.70. The van der Waals surface area contributed by atoms with Crippen LogP contribution in [0.25, 0.3) is 5.70 Å². The van der Waals surface area contributed by atoms with E-state index in [2.05, 4.69) is 72.4 Å². The van der Waals surface area contributed by atoms with Crippen molar-refractivity contribution in [1.82, 2.24) is 9.80 Å². The Kier molecular flexibility index (Phi) is 8.04. The highest BCUT2D eigenvalue weighted by Gasteiger charge is 2.22. The summed E-state index contributed by atoms with van der Waals surface area (Å²) in [6.45, 7) is 18.2. The normalized spacial score (nSPS) is 21.5. The van der Waals surface area contributed by atoms with E-state index < -0.39 is 0 Å². The first-order valence-corrected chi connectivity index (χ1v) is 12.9. The molecule has 2 atom stereocenters. The van der Waals surface area contributed by atoms with E-state index >= 15 is 0 Å². The van der Waals surface area contributed by atoms with Gasteiger partial charge in [-0.05, 0) is 74.9 Å². The van der Waals surface area contributed by atoms with Gasteiger partial charge in [0.05, 0.1) is 6.61 Å². The van der Waals surface area contributed by atoms with Crippen molar-refractivity contribution in [3.05, 3.63) is 60.2 Å². The van der Waals surface area contributed by atoms with Crippen molar-refractivity contribution in [2.45, 2.75) is 46.1 Å². The molecule has 0 aliphatic carbocycles. The number of rotatable bonds is 8. The first-order chi connectivity index (χ1) is 16.4. The second-order valence-electron chi connectivity index (χ2n) is 10.2. The molecule has 2 heterocycles. The number of hydrogen-bond donors (Lipinski definition) is 1. The number of nitrogens with two attached hydrogens (primary N) is 1. The molecule has 2 aromatic rings. The highest BCUT2D eigenvalue weighted by atomic mass is 16.5. The molecule has 2 N–H and O–H groups in total. The van der Waals surface area contributed by atoms with Crippen LogP contribution < -0.4 is 15.4 Å². The molecule has 2 aromatic carbocycles. The number of likely N-dealkylation sites (tertiary alicyclic amines) is 1. The molecular formula is C29H42N4O. The van der Waals surface area contributed by atoms with Crippen molar-refractivity contribution in [1.29, 1.82) is 0 Å². The quantitative estimate of drug-likeness (QED) is 0.428. The van der Waals surface area contributed by atoms with Crippen LogP contribution in [-0.2, 0) is 0 Å². The van der Waals surface area contributed by atoms with Crippen molar-refractivity contribution in [2.24, 2.45) is 5.92 Å². The predicted molar refractivity (Wildman–Crippen MR) is 144 cm³/mol. The number of piperidine rings is 1. The number of hydrogen-bond acceptors (Lipinski definition) is 5. The first-order valence-electron chi connectivity index (χ1n) is 12.9. The fourth-order valence-electron chi connectivity index (χ4n) is 5.27. The fourth-order valence-corrected chi connectivity index (χ4v) is 5.27. The molecule has 0 saturated carbocycles. The summed E-state index contributed by atoms with van der Waals surface area (Å²) in [5.41, 5.74) is 11.5. The van der Waals surface area contributed by atoms with Gasteiger partial charge in [-0.25, -0.2) is 0 Å². The Morgan fingerprint density at radius 3 is 2.50 bits per heavy atom. The number of nitrogens with zero attached hydrogens (tertiary/aromatic N) is 3. The molecule has 184 valence electrons. The molecule has 4 rings (SSSR count). The topological polar surface area (TPSA) is 45.0 Å². The van der Waals surface area contributed by atoms with Crippen LogP contribution in [-0.4, -0.2) is 61.7 Å². The molecule has 2 fully saturated rings. The average Bonchev–Trinajstić information content (AvgIpc) is 2.85. The zero-order valence-electron chi connectivity index (χ0n) is 21.3. The maximum absolute atomic E-state index is 6.10. The molecule has 0 radical (unpaired) electrons. The van der Waals surface area contributed by atoms with Crippen molar-refractivity contribution in [2.75, 3.05) is 56.5 Å². The van der Waals surface area contributed by atoms with Gasteiger partial charge in [0.1, 0.15) is 5.75 Å².